The molecule has 5 nitrogen and oxygen atoms in total. The number of anilines is 3. The van der Waals surface area contributed by atoms with Crippen LogP contribution in [0.5, 0.6) is 0 Å². The minimum Gasteiger partial charge on any atom is -0.324 e. The van der Waals surface area contributed by atoms with Crippen molar-refractivity contribution in [2.45, 2.75) is 20.8 Å². The lowest BCUT2D eigenvalue weighted by molar-refractivity contribution is 0.102. The molecule has 1 amide bonds. The highest BCUT2D eigenvalue weighted by atomic mass is 19.2. The summed E-state index contributed by atoms with van der Waals surface area (Å²) in [6, 6.07) is 8.89. The summed E-state index contributed by atoms with van der Waals surface area (Å²) in [5.41, 5.74) is 2.74. The Morgan fingerprint density at radius 1 is 0.893 bits per heavy atom. The van der Waals surface area contributed by atoms with Crippen molar-refractivity contribution in [3.63, 3.8) is 0 Å². The average molecular weight is 386 g/mol. The van der Waals surface area contributed by atoms with E-state index in [0.717, 1.165) is 28.9 Å². The Morgan fingerprint density at radius 3 is 2.39 bits per heavy atom. The molecule has 0 unspecified atom stereocenters. The fourth-order valence-corrected chi connectivity index (χ4v) is 2.54. The van der Waals surface area contributed by atoms with Crippen LogP contribution in [0.1, 0.15) is 27.3 Å². The number of nitrogens with zero attached hydrogens (tertiary/aromatic N) is 2. The number of halogens is 3. The second-order valence-electron chi connectivity index (χ2n) is 6.34. The summed E-state index contributed by atoms with van der Waals surface area (Å²) in [4.78, 5) is 20.8. The van der Waals surface area contributed by atoms with E-state index in [-0.39, 0.29) is 11.6 Å². The number of carbonyl (C=O) groups is 1. The maximum Gasteiger partial charge on any atom is 0.274 e. The highest BCUT2D eigenvalue weighted by Gasteiger charge is 2.17. The van der Waals surface area contributed by atoms with Gasteiger partial charge >= 0.3 is 0 Å². The van der Waals surface area contributed by atoms with Gasteiger partial charge in [0.1, 0.15) is 5.69 Å². The number of hydrogen-bond donors (Lipinski definition) is 2. The maximum atomic E-state index is 13.8. The minimum atomic E-state index is -1.66. The third-order valence-electron chi connectivity index (χ3n) is 4.01. The van der Waals surface area contributed by atoms with E-state index in [1.807, 2.05) is 32.0 Å². The topological polar surface area (TPSA) is 66.9 Å². The second kappa shape index (κ2) is 7.67. The Hall–Kier alpha value is -3.42. The fraction of sp³-hybridized carbons (Fsp3) is 0.150. The first kappa shape index (κ1) is 19.3. The summed E-state index contributed by atoms with van der Waals surface area (Å²) in [7, 11) is 0. The lowest BCUT2D eigenvalue weighted by Crippen LogP contribution is -2.17. The quantitative estimate of drug-likeness (QED) is 0.631. The predicted octanol–water partition coefficient (Wildman–Crippen LogP) is 4.82. The molecule has 0 bridgehead atoms. The molecule has 3 rings (SSSR count). The number of amides is 1. The van der Waals surface area contributed by atoms with Crippen molar-refractivity contribution in [2.75, 3.05) is 10.6 Å². The normalized spacial score (nSPS) is 10.6. The number of benzene rings is 2. The van der Waals surface area contributed by atoms with E-state index >= 15 is 0 Å². The molecular formula is C20H17F3N4O. The SMILES string of the molecule is Cc1ccc(C)c(Nc2nc(C)cc(C(=O)Nc3ccc(F)c(F)c3F)n2)c1. The van der Waals surface area contributed by atoms with Crippen molar-refractivity contribution in [3.05, 3.63) is 76.4 Å². The monoisotopic (exact) mass is 386 g/mol. The standard InChI is InChI=1S/C20H17F3N4O/c1-10-4-5-11(2)15(8-10)26-20-24-12(3)9-16(27-20)19(28)25-14-7-6-13(21)17(22)18(14)23/h4-9H,1-3H3,(H,25,28)(H,24,26,27). The maximum absolute atomic E-state index is 13.8. The smallest absolute Gasteiger partial charge is 0.274 e. The van der Waals surface area contributed by atoms with E-state index in [1.165, 1.54) is 6.07 Å². The average Bonchev–Trinajstić information content (AvgIpc) is 2.64. The van der Waals surface area contributed by atoms with Crippen LogP contribution in [0.15, 0.2) is 36.4 Å². The molecule has 8 heteroatoms. The molecule has 1 aromatic heterocycles. The summed E-state index contributed by atoms with van der Waals surface area (Å²) in [5, 5.41) is 5.25. The first-order valence-corrected chi connectivity index (χ1v) is 8.39. The Bertz CT molecular complexity index is 1070. The van der Waals surface area contributed by atoms with Gasteiger partial charge in [-0.15, -0.1) is 0 Å². The van der Waals surface area contributed by atoms with Crippen LogP contribution in [-0.4, -0.2) is 15.9 Å². The first-order chi connectivity index (χ1) is 13.2. The zero-order valence-corrected chi connectivity index (χ0v) is 15.4. The van der Waals surface area contributed by atoms with Gasteiger partial charge in [0.15, 0.2) is 17.5 Å². The van der Waals surface area contributed by atoms with Crippen LogP contribution in [0.2, 0.25) is 0 Å². The van der Waals surface area contributed by atoms with Crippen LogP contribution in [0.25, 0.3) is 0 Å². The summed E-state index contributed by atoms with van der Waals surface area (Å²) in [6.07, 6.45) is 0. The summed E-state index contributed by atoms with van der Waals surface area (Å²) >= 11 is 0. The van der Waals surface area contributed by atoms with Crippen LogP contribution in [0, 0.1) is 38.2 Å². The van der Waals surface area contributed by atoms with Crippen molar-refractivity contribution < 1.29 is 18.0 Å². The molecule has 28 heavy (non-hydrogen) atoms. The first-order valence-electron chi connectivity index (χ1n) is 8.39. The van der Waals surface area contributed by atoms with Gasteiger partial charge in [-0.2, -0.15) is 0 Å². The van der Waals surface area contributed by atoms with Gasteiger partial charge < -0.3 is 10.6 Å². The number of carbonyl (C=O) groups excluding carboxylic acids is 1. The van der Waals surface area contributed by atoms with Gasteiger partial charge in [0, 0.05) is 11.4 Å². The van der Waals surface area contributed by atoms with E-state index in [2.05, 4.69) is 20.6 Å². The van der Waals surface area contributed by atoms with Gasteiger partial charge in [-0.1, -0.05) is 12.1 Å². The lowest BCUT2D eigenvalue weighted by Gasteiger charge is -2.11. The molecule has 0 saturated heterocycles. The lowest BCUT2D eigenvalue weighted by atomic mass is 10.1. The Morgan fingerprint density at radius 2 is 1.64 bits per heavy atom. The molecular weight excluding hydrogens is 369 g/mol. The van der Waals surface area contributed by atoms with Crippen LogP contribution in [0.4, 0.5) is 30.5 Å². The summed E-state index contributed by atoms with van der Waals surface area (Å²) in [5.74, 6) is -5.07. The molecule has 0 saturated carbocycles. The Labute approximate surface area is 159 Å². The van der Waals surface area contributed by atoms with E-state index in [9.17, 15) is 18.0 Å². The Kier molecular flexibility index (Phi) is 5.30. The number of aromatic nitrogens is 2. The third-order valence-corrected chi connectivity index (χ3v) is 4.01. The number of rotatable bonds is 4. The van der Waals surface area contributed by atoms with Gasteiger partial charge in [0.25, 0.3) is 5.91 Å². The van der Waals surface area contributed by atoms with Crippen molar-refractivity contribution >= 4 is 23.2 Å². The molecule has 0 spiro atoms. The number of aryl methyl sites for hydroxylation is 3. The minimum absolute atomic E-state index is 0.0514. The van der Waals surface area contributed by atoms with E-state index in [4.69, 9.17) is 0 Å². The highest BCUT2D eigenvalue weighted by molar-refractivity contribution is 6.03. The molecule has 2 N–H and O–H groups in total. The van der Waals surface area contributed by atoms with Gasteiger partial charge in [-0.05, 0) is 56.2 Å². The molecule has 2 aromatic carbocycles. The van der Waals surface area contributed by atoms with E-state index in [0.29, 0.717) is 5.69 Å². The predicted molar refractivity (Wildman–Crippen MR) is 100 cm³/mol. The third kappa shape index (κ3) is 4.11. The molecule has 144 valence electrons. The summed E-state index contributed by atoms with van der Waals surface area (Å²) in [6.45, 7) is 5.53. The van der Waals surface area contributed by atoms with Crippen molar-refractivity contribution in [3.8, 4) is 0 Å². The second-order valence-corrected chi connectivity index (χ2v) is 6.34. The van der Waals surface area contributed by atoms with Crippen LogP contribution in [-0.2, 0) is 0 Å². The molecule has 0 aliphatic rings. The van der Waals surface area contributed by atoms with Gasteiger partial charge in [-0.25, -0.2) is 23.1 Å². The largest absolute Gasteiger partial charge is 0.324 e. The van der Waals surface area contributed by atoms with Gasteiger partial charge in [-0.3, -0.25) is 4.79 Å². The van der Waals surface area contributed by atoms with Crippen LogP contribution >= 0.6 is 0 Å². The fourth-order valence-electron chi connectivity index (χ4n) is 2.54. The van der Waals surface area contributed by atoms with Gasteiger partial charge in [0.05, 0.1) is 5.69 Å². The van der Waals surface area contributed by atoms with E-state index in [1.54, 1.807) is 6.92 Å². The zero-order chi connectivity index (χ0) is 20.4. The molecule has 3 aromatic rings. The van der Waals surface area contributed by atoms with Gasteiger partial charge in [0.2, 0.25) is 5.95 Å². The molecule has 0 aliphatic carbocycles. The Balaban J connectivity index is 1.88. The molecule has 1 heterocycles. The van der Waals surface area contributed by atoms with Crippen LogP contribution < -0.4 is 10.6 Å². The van der Waals surface area contributed by atoms with Crippen molar-refractivity contribution in [1.29, 1.82) is 0 Å². The number of hydrogen-bond acceptors (Lipinski definition) is 4. The molecule has 0 atom stereocenters. The highest BCUT2D eigenvalue weighted by Crippen LogP contribution is 2.22. The molecule has 0 fully saturated rings. The van der Waals surface area contributed by atoms with Crippen LogP contribution in [0.3, 0.4) is 0 Å². The van der Waals surface area contributed by atoms with Crippen molar-refractivity contribution in [2.24, 2.45) is 0 Å². The van der Waals surface area contributed by atoms with Crippen molar-refractivity contribution in [1.82, 2.24) is 9.97 Å². The number of nitrogens with one attached hydrogen (secondary N) is 2. The summed E-state index contributed by atoms with van der Waals surface area (Å²) < 4.78 is 40.2. The molecule has 0 aliphatic heterocycles. The molecule has 0 radical (unpaired) electrons. The van der Waals surface area contributed by atoms with E-state index < -0.39 is 29.0 Å². The zero-order valence-electron chi connectivity index (χ0n) is 15.4.